The Morgan fingerprint density at radius 3 is 2.31 bits per heavy atom. The first-order valence-electron chi connectivity index (χ1n) is 11.6. The maximum Gasteiger partial charge on any atom is 0.181 e. The van der Waals surface area contributed by atoms with E-state index in [1.807, 2.05) is 0 Å². The third-order valence-electron chi connectivity index (χ3n) is 6.03. The standard InChI is InChI=1S/C28H28FNO5/c1-17-14-20(6-8-21(17)29)28-26(33-2)13-9-22(30-28)24(32)11-10-23(31)19-7-12-25(27(15-19)34-3)35-16-18-4-5-18/h6-9,12-15,18H,4-5,10-11,16H2,1-3H3. The third-order valence-corrected chi connectivity index (χ3v) is 6.03. The van der Waals surface area contributed by atoms with Crippen LogP contribution in [0.4, 0.5) is 4.39 Å². The summed E-state index contributed by atoms with van der Waals surface area (Å²) in [6.07, 6.45) is 2.40. The highest BCUT2D eigenvalue weighted by atomic mass is 19.1. The molecule has 4 rings (SSSR count). The molecule has 0 amide bonds. The molecule has 1 aliphatic carbocycles. The van der Waals surface area contributed by atoms with Crippen LogP contribution in [0.5, 0.6) is 17.2 Å². The van der Waals surface area contributed by atoms with Crippen molar-refractivity contribution in [2.24, 2.45) is 5.92 Å². The maximum atomic E-state index is 13.7. The Bertz CT molecular complexity index is 1250. The first kappa shape index (κ1) is 24.4. The van der Waals surface area contributed by atoms with Gasteiger partial charge in [-0.1, -0.05) is 0 Å². The molecule has 1 aromatic heterocycles. The van der Waals surface area contributed by atoms with Crippen molar-refractivity contribution in [1.29, 1.82) is 0 Å². The third kappa shape index (κ3) is 5.85. The van der Waals surface area contributed by atoms with Crippen molar-refractivity contribution in [2.45, 2.75) is 32.6 Å². The zero-order valence-electron chi connectivity index (χ0n) is 20.1. The lowest BCUT2D eigenvalue weighted by Crippen LogP contribution is -2.08. The second-order valence-corrected chi connectivity index (χ2v) is 8.68. The van der Waals surface area contributed by atoms with E-state index >= 15 is 0 Å². The van der Waals surface area contributed by atoms with Gasteiger partial charge in [0.15, 0.2) is 23.1 Å². The van der Waals surface area contributed by atoms with Gasteiger partial charge in [0.2, 0.25) is 0 Å². The summed E-state index contributed by atoms with van der Waals surface area (Å²) in [6, 6.07) is 12.9. The number of aromatic nitrogens is 1. The molecule has 0 spiro atoms. The molecular weight excluding hydrogens is 449 g/mol. The first-order chi connectivity index (χ1) is 16.9. The van der Waals surface area contributed by atoms with Crippen LogP contribution in [-0.2, 0) is 0 Å². The van der Waals surface area contributed by atoms with Crippen LogP contribution in [0.25, 0.3) is 11.3 Å². The summed E-state index contributed by atoms with van der Waals surface area (Å²) < 4.78 is 30.3. The zero-order chi connectivity index (χ0) is 24.9. The van der Waals surface area contributed by atoms with Crippen LogP contribution in [0.15, 0.2) is 48.5 Å². The molecule has 6 nitrogen and oxygen atoms in total. The van der Waals surface area contributed by atoms with Crippen molar-refractivity contribution >= 4 is 11.6 Å². The van der Waals surface area contributed by atoms with E-state index in [1.165, 1.54) is 33.1 Å². The molecule has 35 heavy (non-hydrogen) atoms. The number of ketones is 2. The maximum absolute atomic E-state index is 13.7. The number of ether oxygens (including phenoxy) is 3. The fraction of sp³-hybridized carbons (Fsp3) is 0.321. The quantitative estimate of drug-likeness (QED) is 0.323. The molecule has 1 saturated carbocycles. The summed E-state index contributed by atoms with van der Waals surface area (Å²) in [4.78, 5) is 30.1. The average Bonchev–Trinajstić information content (AvgIpc) is 3.71. The van der Waals surface area contributed by atoms with E-state index in [0.717, 1.165) is 0 Å². The average molecular weight is 478 g/mol. The molecule has 1 fully saturated rings. The van der Waals surface area contributed by atoms with E-state index in [2.05, 4.69) is 4.98 Å². The lowest BCUT2D eigenvalue weighted by molar-refractivity contribution is 0.0915. The van der Waals surface area contributed by atoms with Crippen LogP contribution < -0.4 is 14.2 Å². The van der Waals surface area contributed by atoms with Crippen molar-refractivity contribution < 1.29 is 28.2 Å². The molecule has 7 heteroatoms. The van der Waals surface area contributed by atoms with Crippen LogP contribution in [0.3, 0.4) is 0 Å². The molecule has 0 aliphatic heterocycles. The van der Waals surface area contributed by atoms with E-state index in [9.17, 15) is 14.0 Å². The summed E-state index contributed by atoms with van der Waals surface area (Å²) >= 11 is 0. The van der Waals surface area contributed by atoms with Crippen LogP contribution >= 0.6 is 0 Å². The van der Waals surface area contributed by atoms with Crippen molar-refractivity contribution in [3.05, 3.63) is 71.2 Å². The van der Waals surface area contributed by atoms with E-state index in [4.69, 9.17) is 14.2 Å². The van der Waals surface area contributed by atoms with Crippen LogP contribution in [0.1, 0.15) is 52.1 Å². The van der Waals surface area contributed by atoms with Gasteiger partial charge in [0.1, 0.15) is 23.0 Å². The summed E-state index contributed by atoms with van der Waals surface area (Å²) in [7, 11) is 3.04. The molecular formula is C28H28FNO5. The number of aryl methyl sites for hydroxylation is 1. The molecule has 0 saturated heterocycles. The molecule has 0 atom stereocenters. The van der Waals surface area contributed by atoms with Gasteiger partial charge < -0.3 is 14.2 Å². The van der Waals surface area contributed by atoms with Crippen molar-refractivity contribution in [3.63, 3.8) is 0 Å². The van der Waals surface area contributed by atoms with Crippen molar-refractivity contribution in [3.8, 4) is 28.5 Å². The fourth-order valence-electron chi connectivity index (χ4n) is 3.72. The number of nitrogens with zero attached hydrogens (tertiary/aromatic N) is 1. The minimum Gasteiger partial charge on any atom is -0.494 e. The Morgan fingerprint density at radius 2 is 1.63 bits per heavy atom. The van der Waals surface area contributed by atoms with Gasteiger partial charge in [0, 0.05) is 24.0 Å². The van der Waals surface area contributed by atoms with Gasteiger partial charge in [-0.25, -0.2) is 9.37 Å². The molecule has 1 heterocycles. The summed E-state index contributed by atoms with van der Waals surface area (Å²) in [5.74, 6) is 1.42. The predicted molar refractivity (Wildman–Crippen MR) is 130 cm³/mol. The molecule has 0 bridgehead atoms. The first-order valence-corrected chi connectivity index (χ1v) is 11.6. The fourth-order valence-corrected chi connectivity index (χ4v) is 3.72. The molecule has 0 unspecified atom stereocenters. The Morgan fingerprint density at radius 1 is 0.914 bits per heavy atom. The van der Waals surface area contributed by atoms with Crippen LogP contribution in [0, 0.1) is 18.7 Å². The number of benzene rings is 2. The number of carbonyl (C=O) groups excluding carboxylic acids is 2. The van der Waals surface area contributed by atoms with Gasteiger partial charge in [0.25, 0.3) is 0 Å². The molecule has 0 radical (unpaired) electrons. The van der Waals surface area contributed by atoms with Gasteiger partial charge in [-0.2, -0.15) is 0 Å². The Balaban J connectivity index is 1.45. The lowest BCUT2D eigenvalue weighted by Gasteiger charge is -2.12. The number of carbonyl (C=O) groups is 2. The van der Waals surface area contributed by atoms with Gasteiger partial charge in [-0.3, -0.25) is 9.59 Å². The zero-order valence-corrected chi connectivity index (χ0v) is 20.1. The Kier molecular flexibility index (Phi) is 7.44. The number of hydrogen-bond donors (Lipinski definition) is 0. The van der Waals surface area contributed by atoms with E-state index in [1.54, 1.807) is 49.4 Å². The summed E-state index contributed by atoms with van der Waals surface area (Å²) in [5.41, 5.74) is 2.23. The highest BCUT2D eigenvalue weighted by molar-refractivity contribution is 6.02. The van der Waals surface area contributed by atoms with Crippen LogP contribution in [-0.4, -0.2) is 37.4 Å². The van der Waals surface area contributed by atoms with E-state index in [0.29, 0.717) is 52.2 Å². The number of pyridine rings is 1. The molecule has 2 aromatic carbocycles. The second kappa shape index (κ2) is 10.7. The predicted octanol–water partition coefficient (Wildman–Crippen LogP) is 5.85. The number of halogens is 1. The SMILES string of the molecule is COc1cc(C(=O)CCC(=O)c2ccc(OC)c(-c3ccc(F)c(C)c3)n2)ccc1OCC1CC1. The molecule has 3 aromatic rings. The normalized spacial score (nSPS) is 12.8. The highest BCUT2D eigenvalue weighted by Gasteiger charge is 2.23. The minimum absolute atomic E-state index is 0.00228. The number of rotatable bonds is 11. The largest absolute Gasteiger partial charge is 0.494 e. The Labute approximate surface area is 204 Å². The van der Waals surface area contributed by atoms with Crippen molar-refractivity contribution in [1.82, 2.24) is 4.98 Å². The summed E-state index contributed by atoms with van der Waals surface area (Å²) in [5, 5.41) is 0. The van der Waals surface area contributed by atoms with Crippen LogP contribution in [0.2, 0.25) is 0 Å². The molecule has 1 aliphatic rings. The Hall–Kier alpha value is -3.74. The lowest BCUT2D eigenvalue weighted by atomic mass is 10.0. The highest BCUT2D eigenvalue weighted by Crippen LogP contribution is 2.34. The topological polar surface area (TPSA) is 74.7 Å². The van der Waals surface area contributed by atoms with Gasteiger partial charge >= 0.3 is 0 Å². The summed E-state index contributed by atoms with van der Waals surface area (Å²) in [6.45, 7) is 2.30. The van der Waals surface area contributed by atoms with Gasteiger partial charge in [-0.15, -0.1) is 0 Å². The van der Waals surface area contributed by atoms with Crippen molar-refractivity contribution in [2.75, 3.05) is 20.8 Å². The smallest absolute Gasteiger partial charge is 0.181 e. The number of methoxy groups -OCH3 is 2. The molecule has 182 valence electrons. The molecule has 0 N–H and O–H groups in total. The monoisotopic (exact) mass is 477 g/mol. The second-order valence-electron chi connectivity index (χ2n) is 8.68. The minimum atomic E-state index is -0.322. The van der Waals surface area contributed by atoms with Gasteiger partial charge in [0.05, 0.1) is 20.8 Å². The van der Waals surface area contributed by atoms with E-state index in [-0.39, 0.29) is 35.9 Å². The number of hydrogen-bond acceptors (Lipinski definition) is 6. The number of Topliss-reactive ketones (excluding diaryl/α,β-unsaturated/α-hetero) is 2. The van der Waals surface area contributed by atoms with Gasteiger partial charge in [-0.05, 0) is 79.8 Å². The van der Waals surface area contributed by atoms with E-state index < -0.39 is 0 Å².